The molecule has 0 fully saturated rings. The molecule has 0 bridgehead atoms. The molecule has 1 atom stereocenters. The minimum Gasteiger partial charge on any atom is -0.435 e. The van der Waals surface area contributed by atoms with E-state index < -0.39 is 65.4 Å². The number of hydrogen-bond acceptors (Lipinski definition) is 5. The van der Waals surface area contributed by atoms with Crippen molar-refractivity contribution in [3.8, 4) is 0 Å². The Hall–Kier alpha value is -0.252. The number of hydrogen-bond donors (Lipinski definition) is 0. The van der Waals surface area contributed by atoms with Crippen LogP contribution in [0.2, 0.25) is 52.4 Å². The zero-order valence-corrected chi connectivity index (χ0v) is 21.8. The van der Waals surface area contributed by atoms with E-state index in [0.29, 0.717) is 0 Å². The topological polar surface area (TPSA) is 54.0 Å². The molecule has 0 aliphatic carbocycles. The van der Waals surface area contributed by atoms with Gasteiger partial charge < -0.3 is 17.4 Å². The van der Waals surface area contributed by atoms with Crippen molar-refractivity contribution in [3.63, 3.8) is 0 Å². The Morgan fingerprint density at radius 1 is 1.00 bits per heavy atom. The summed E-state index contributed by atoms with van der Waals surface area (Å²) < 4.78 is 62.9. The van der Waals surface area contributed by atoms with Crippen LogP contribution in [0.5, 0.6) is 0 Å². The maximum absolute atomic E-state index is 13.0. The van der Waals surface area contributed by atoms with Crippen molar-refractivity contribution >= 4 is 40.9 Å². The smallest absolute Gasteiger partial charge is 0.389 e. The van der Waals surface area contributed by atoms with Crippen LogP contribution in [0.25, 0.3) is 0 Å². The minimum absolute atomic E-state index is 0.549. The lowest BCUT2D eigenvalue weighted by Gasteiger charge is -2.43. The molecule has 0 heterocycles. The SMILES string of the molecule is C=CC(=O)OC(CCC(F)(F)F)(O[SiH](C)C)[SiH](O[Si](C)(C)C)O[Si](C)(C)C. The molecule has 0 aromatic heterocycles. The molecule has 0 amide bonds. The summed E-state index contributed by atoms with van der Waals surface area (Å²) >= 11 is 0. The van der Waals surface area contributed by atoms with Gasteiger partial charge in [-0.25, -0.2) is 4.79 Å². The molecule has 0 aromatic rings. The van der Waals surface area contributed by atoms with Gasteiger partial charge in [0.25, 0.3) is 0 Å². The number of carbonyl (C=O) groups is 1. The third-order valence-electron chi connectivity index (χ3n) is 2.91. The van der Waals surface area contributed by atoms with Gasteiger partial charge in [0.2, 0.25) is 5.41 Å². The maximum atomic E-state index is 13.0. The van der Waals surface area contributed by atoms with Gasteiger partial charge in [-0.2, -0.15) is 13.2 Å². The highest BCUT2D eigenvalue weighted by atomic mass is 28.4. The fourth-order valence-corrected chi connectivity index (χ4v) is 12.1. The molecular formula is C15H33F3O5Si4. The van der Waals surface area contributed by atoms with Crippen LogP contribution in [0.1, 0.15) is 12.8 Å². The Morgan fingerprint density at radius 2 is 1.44 bits per heavy atom. The highest BCUT2D eigenvalue weighted by Crippen LogP contribution is 2.34. The van der Waals surface area contributed by atoms with Crippen LogP contribution in [0.15, 0.2) is 12.7 Å². The van der Waals surface area contributed by atoms with Crippen molar-refractivity contribution in [3.05, 3.63) is 12.7 Å². The Labute approximate surface area is 166 Å². The quantitative estimate of drug-likeness (QED) is 0.199. The molecule has 0 spiro atoms. The van der Waals surface area contributed by atoms with E-state index in [0.717, 1.165) is 6.08 Å². The number of rotatable bonds is 11. The molecule has 0 rings (SSSR count). The molecule has 0 N–H and O–H groups in total. The molecular weight excluding hydrogens is 429 g/mol. The van der Waals surface area contributed by atoms with Gasteiger partial charge in [0.15, 0.2) is 25.7 Å². The highest BCUT2D eigenvalue weighted by Gasteiger charge is 2.53. The summed E-state index contributed by atoms with van der Waals surface area (Å²) in [4.78, 5) is 12.0. The van der Waals surface area contributed by atoms with Gasteiger partial charge >= 0.3 is 21.4 Å². The predicted octanol–water partition coefficient (Wildman–Crippen LogP) is 4.22. The second kappa shape index (κ2) is 9.98. The second-order valence-corrected chi connectivity index (χ2v) is 22.7. The predicted molar refractivity (Wildman–Crippen MR) is 110 cm³/mol. The summed E-state index contributed by atoms with van der Waals surface area (Å²) in [6.07, 6.45) is -5.22. The van der Waals surface area contributed by atoms with Gasteiger partial charge in [0.05, 0.1) is 0 Å². The summed E-state index contributed by atoms with van der Waals surface area (Å²) in [5.74, 6) is -0.845. The van der Waals surface area contributed by atoms with Crippen molar-refractivity contribution in [1.29, 1.82) is 0 Å². The van der Waals surface area contributed by atoms with E-state index in [1.807, 2.05) is 39.3 Å². The third kappa shape index (κ3) is 12.0. The van der Waals surface area contributed by atoms with Crippen LogP contribution in [-0.2, 0) is 22.2 Å². The molecule has 5 nitrogen and oxygen atoms in total. The van der Waals surface area contributed by atoms with Crippen LogP contribution < -0.4 is 0 Å². The van der Waals surface area contributed by atoms with E-state index in [-0.39, 0.29) is 0 Å². The van der Waals surface area contributed by atoms with E-state index in [2.05, 4.69) is 6.58 Å². The largest absolute Gasteiger partial charge is 0.435 e. The Balaban J connectivity index is 6.23. The first kappa shape index (κ1) is 26.7. The van der Waals surface area contributed by atoms with Gasteiger partial charge in [0, 0.05) is 18.9 Å². The first-order valence-electron chi connectivity index (χ1n) is 8.85. The fraction of sp³-hybridized carbons (Fsp3) is 0.800. The van der Waals surface area contributed by atoms with Crippen molar-refractivity contribution in [2.24, 2.45) is 0 Å². The van der Waals surface area contributed by atoms with Gasteiger partial charge in [0.1, 0.15) is 0 Å². The van der Waals surface area contributed by atoms with Crippen LogP contribution in [-0.4, -0.2) is 52.5 Å². The molecule has 160 valence electrons. The van der Waals surface area contributed by atoms with Gasteiger partial charge in [-0.05, 0) is 52.4 Å². The van der Waals surface area contributed by atoms with Crippen molar-refractivity contribution < 1.29 is 35.4 Å². The first-order valence-corrected chi connectivity index (χ1v) is 20.0. The zero-order chi connectivity index (χ0) is 21.7. The monoisotopic (exact) mass is 462 g/mol. The van der Waals surface area contributed by atoms with Crippen molar-refractivity contribution in [2.45, 2.75) is 76.8 Å². The van der Waals surface area contributed by atoms with E-state index in [9.17, 15) is 18.0 Å². The summed E-state index contributed by atoms with van der Waals surface area (Å²) in [6, 6.07) is 0. The molecule has 0 aliphatic heterocycles. The summed E-state index contributed by atoms with van der Waals surface area (Å²) in [6.45, 7) is 18.4. The molecule has 0 aliphatic rings. The number of esters is 1. The lowest BCUT2D eigenvalue weighted by Crippen LogP contribution is -2.62. The average Bonchev–Trinajstić information content (AvgIpc) is 2.39. The van der Waals surface area contributed by atoms with Crippen molar-refractivity contribution in [2.75, 3.05) is 0 Å². The molecule has 0 aromatic carbocycles. The van der Waals surface area contributed by atoms with E-state index in [1.54, 1.807) is 13.1 Å². The number of halogens is 3. The van der Waals surface area contributed by atoms with Crippen LogP contribution in [0.4, 0.5) is 13.2 Å². The standard InChI is InChI=1S/C15H33F3O5Si4/c1-10-13(19)20-15(21-24(2)3,12-11-14(16,17)18)25(22-26(4,5)6)23-27(7,8)9/h10,24-25H,1,11-12H2,2-9H3. The van der Waals surface area contributed by atoms with E-state index in [4.69, 9.17) is 17.4 Å². The second-order valence-electron chi connectivity index (χ2n) is 8.51. The molecule has 1 unspecified atom stereocenters. The third-order valence-corrected chi connectivity index (χ3v) is 12.7. The number of ether oxygens (including phenoxy) is 1. The van der Waals surface area contributed by atoms with E-state index >= 15 is 0 Å². The molecule has 0 saturated carbocycles. The van der Waals surface area contributed by atoms with Crippen LogP contribution in [0, 0.1) is 0 Å². The average molecular weight is 463 g/mol. The van der Waals surface area contributed by atoms with Gasteiger partial charge in [-0.1, -0.05) is 6.58 Å². The summed E-state index contributed by atoms with van der Waals surface area (Å²) in [5.41, 5.74) is -1.83. The Morgan fingerprint density at radius 3 is 1.74 bits per heavy atom. The summed E-state index contributed by atoms with van der Waals surface area (Å²) in [5, 5.41) is 0. The van der Waals surface area contributed by atoms with Crippen molar-refractivity contribution in [1.82, 2.24) is 0 Å². The highest BCUT2D eigenvalue weighted by molar-refractivity contribution is 6.81. The lowest BCUT2D eigenvalue weighted by molar-refractivity contribution is -0.191. The number of carbonyl (C=O) groups excluding carboxylic acids is 1. The summed E-state index contributed by atoms with van der Waals surface area (Å²) in [7, 11) is -9.36. The first-order chi connectivity index (χ1) is 11.9. The Bertz CT molecular complexity index is 487. The zero-order valence-electron chi connectivity index (χ0n) is 17.5. The Kier molecular flexibility index (Phi) is 9.89. The molecule has 27 heavy (non-hydrogen) atoms. The molecule has 0 radical (unpaired) electrons. The van der Waals surface area contributed by atoms with Gasteiger partial charge in [-0.15, -0.1) is 0 Å². The van der Waals surface area contributed by atoms with Gasteiger partial charge in [-0.3, -0.25) is 0 Å². The van der Waals surface area contributed by atoms with E-state index in [1.165, 1.54) is 0 Å². The van der Waals surface area contributed by atoms with Crippen LogP contribution >= 0.6 is 0 Å². The number of alkyl halides is 3. The molecule has 12 heteroatoms. The normalized spacial score (nSPS) is 15.7. The molecule has 0 saturated heterocycles. The fourth-order valence-electron chi connectivity index (χ4n) is 2.13. The maximum Gasteiger partial charge on any atom is 0.389 e. The van der Waals surface area contributed by atoms with Crippen LogP contribution in [0.3, 0.4) is 0 Å². The lowest BCUT2D eigenvalue weighted by atomic mass is 10.3. The minimum atomic E-state index is -4.43.